The summed E-state index contributed by atoms with van der Waals surface area (Å²) < 4.78 is 12.7. The van der Waals surface area contributed by atoms with E-state index >= 15 is 0 Å². The van der Waals surface area contributed by atoms with Gasteiger partial charge in [0.15, 0.2) is 18.6 Å². The van der Waals surface area contributed by atoms with E-state index < -0.39 is 6.29 Å². The van der Waals surface area contributed by atoms with Crippen LogP contribution in [0.3, 0.4) is 0 Å². The van der Waals surface area contributed by atoms with Crippen LogP contribution in [0.15, 0.2) is 30.3 Å². The highest BCUT2D eigenvalue weighted by molar-refractivity contribution is 7.88. The third kappa shape index (κ3) is 4.42. The minimum atomic E-state index is -1.26. The fourth-order valence-corrected chi connectivity index (χ4v) is 1.41. The molecule has 0 bridgehead atoms. The number of aliphatic hydroxyl groups excluding tert-OH is 1. The zero-order valence-corrected chi connectivity index (χ0v) is 9.76. The van der Waals surface area contributed by atoms with Crippen LogP contribution in [0.2, 0.25) is 5.02 Å². The van der Waals surface area contributed by atoms with Crippen molar-refractivity contribution in [2.45, 2.75) is 6.29 Å². The molecule has 1 rings (SSSR count). The quantitative estimate of drug-likeness (QED) is 0.648. The van der Waals surface area contributed by atoms with E-state index in [1.807, 2.05) is 0 Å². The number of rotatable bonds is 4. The Morgan fingerprint density at radius 2 is 2.00 bits per heavy atom. The van der Waals surface area contributed by atoms with E-state index in [1.54, 1.807) is 24.3 Å². The van der Waals surface area contributed by atoms with Crippen LogP contribution < -0.4 is 0 Å². The summed E-state index contributed by atoms with van der Waals surface area (Å²) in [5.74, 6) is 0. The second-order valence-electron chi connectivity index (χ2n) is 2.58. The third-order valence-corrected chi connectivity index (χ3v) is 2.43. The molecule has 0 saturated heterocycles. The Bertz CT molecular complexity index is 340. The van der Waals surface area contributed by atoms with Crippen molar-refractivity contribution in [1.82, 2.24) is 0 Å². The Balaban J connectivity index is 2.75. The molecular formula is C9H8Cl2O3S. The minimum absolute atomic E-state index is 0.0750. The molecule has 82 valence electrons. The van der Waals surface area contributed by atoms with Crippen molar-refractivity contribution in [1.29, 1.82) is 0 Å². The van der Waals surface area contributed by atoms with Gasteiger partial charge in [-0.1, -0.05) is 35.3 Å². The van der Waals surface area contributed by atoms with Gasteiger partial charge in [0.2, 0.25) is 0 Å². The molecule has 3 nitrogen and oxygen atoms in total. The van der Waals surface area contributed by atoms with Gasteiger partial charge in [-0.2, -0.15) is 0 Å². The van der Waals surface area contributed by atoms with Gasteiger partial charge in [0.1, 0.15) is 0 Å². The lowest BCUT2D eigenvalue weighted by atomic mass is 10.2. The summed E-state index contributed by atoms with van der Waals surface area (Å²) in [5.41, 5.74) is 0.701. The van der Waals surface area contributed by atoms with Crippen molar-refractivity contribution >= 4 is 40.6 Å². The third-order valence-electron chi connectivity index (χ3n) is 1.55. The van der Waals surface area contributed by atoms with Crippen LogP contribution in [-0.4, -0.2) is 15.9 Å². The zero-order chi connectivity index (χ0) is 11.3. The highest BCUT2D eigenvalue weighted by atomic mass is 35.5. The minimum Gasteiger partial charge on any atom is -0.364 e. The standard InChI is InChI=1S/C9H8Cl2O3S/c10-7-3-1-6(2-4-7)8(11)5-9(12)14-15-13/h1-5,9,12-13H/b8-5-. The number of aliphatic hydroxyl groups is 1. The zero-order valence-electron chi connectivity index (χ0n) is 7.43. The van der Waals surface area contributed by atoms with Crippen molar-refractivity contribution in [2.24, 2.45) is 0 Å². The maximum absolute atomic E-state index is 9.15. The summed E-state index contributed by atoms with van der Waals surface area (Å²) >= 11 is 11.7. The first-order valence-corrected chi connectivity index (χ1v) is 5.37. The van der Waals surface area contributed by atoms with Gasteiger partial charge >= 0.3 is 0 Å². The predicted molar refractivity (Wildman–Crippen MR) is 62.6 cm³/mol. The Hall–Kier alpha value is -0.230. The van der Waals surface area contributed by atoms with E-state index in [-0.39, 0.29) is 12.3 Å². The van der Waals surface area contributed by atoms with E-state index in [1.165, 1.54) is 6.08 Å². The SMILES string of the molecule is OSOC(O)/C=C(\Cl)c1ccc(Cl)cc1. The average Bonchev–Trinajstić information content (AvgIpc) is 2.18. The molecule has 0 radical (unpaired) electrons. The molecule has 0 aliphatic carbocycles. The fourth-order valence-electron chi connectivity index (χ4n) is 0.902. The van der Waals surface area contributed by atoms with Crippen LogP contribution in [0.5, 0.6) is 0 Å². The molecule has 15 heavy (non-hydrogen) atoms. The lowest BCUT2D eigenvalue weighted by molar-refractivity contribution is 0.0379. The van der Waals surface area contributed by atoms with Gasteiger partial charge in [-0.3, -0.25) is 4.18 Å². The molecular weight excluding hydrogens is 259 g/mol. The molecule has 6 heteroatoms. The van der Waals surface area contributed by atoms with Crippen LogP contribution >= 0.6 is 35.5 Å². The number of hydrogen-bond donors (Lipinski definition) is 2. The van der Waals surface area contributed by atoms with Crippen LogP contribution in [0.25, 0.3) is 5.03 Å². The summed E-state index contributed by atoms with van der Waals surface area (Å²) in [6.07, 6.45) is -0.00300. The first-order valence-electron chi connectivity index (χ1n) is 3.91. The second-order valence-corrected chi connectivity index (χ2v) is 3.77. The molecule has 0 fully saturated rings. The molecule has 0 saturated carbocycles. The van der Waals surface area contributed by atoms with Crippen molar-refractivity contribution < 1.29 is 13.8 Å². The van der Waals surface area contributed by atoms with Gasteiger partial charge in [0.05, 0.1) is 0 Å². The smallest absolute Gasteiger partial charge is 0.191 e. The highest BCUT2D eigenvalue weighted by Crippen LogP contribution is 2.22. The monoisotopic (exact) mass is 266 g/mol. The second kappa shape index (κ2) is 6.37. The van der Waals surface area contributed by atoms with Crippen LogP contribution in [0.4, 0.5) is 0 Å². The summed E-state index contributed by atoms with van der Waals surface area (Å²) in [5, 5.41) is 10.1. The first kappa shape index (κ1) is 12.8. The van der Waals surface area contributed by atoms with Gasteiger partial charge in [-0.05, 0) is 23.8 Å². The summed E-state index contributed by atoms with van der Waals surface area (Å²) in [6, 6.07) is 6.78. The predicted octanol–water partition coefficient (Wildman–Crippen LogP) is 3.38. The van der Waals surface area contributed by atoms with Gasteiger partial charge in [-0.25, -0.2) is 0 Å². The van der Waals surface area contributed by atoms with Gasteiger partial charge in [0, 0.05) is 10.1 Å². The average molecular weight is 267 g/mol. The van der Waals surface area contributed by atoms with E-state index in [2.05, 4.69) is 4.18 Å². The molecule has 0 aliphatic rings. The molecule has 1 aromatic carbocycles. The van der Waals surface area contributed by atoms with Crippen molar-refractivity contribution in [3.8, 4) is 0 Å². The molecule has 0 heterocycles. The van der Waals surface area contributed by atoms with E-state index in [9.17, 15) is 0 Å². The van der Waals surface area contributed by atoms with Crippen LogP contribution in [-0.2, 0) is 4.18 Å². The van der Waals surface area contributed by atoms with Crippen LogP contribution in [0, 0.1) is 0 Å². The van der Waals surface area contributed by atoms with Crippen molar-refractivity contribution in [3.05, 3.63) is 40.9 Å². The molecule has 1 aromatic rings. The van der Waals surface area contributed by atoms with E-state index in [0.717, 1.165) is 0 Å². The summed E-state index contributed by atoms with van der Waals surface area (Å²) in [7, 11) is 0. The van der Waals surface area contributed by atoms with E-state index in [0.29, 0.717) is 15.6 Å². The Morgan fingerprint density at radius 3 is 2.53 bits per heavy atom. The molecule has 0 aliphatic heterocycles. The molecule has 2 N–H and O–H groups in total. The van der Waals surface area contributed by atoms with Crippen LogP contribution in [0.1, 0.15) is 5.56 Å². The maximum atomic E-state index is 9.15. The van der Waals surface area contributed by atoms with Gasteiger partial charge in [0.25, 0.3) is 0 Å². The van der Waals surface area contributed by atoms with Crippen molar-refractivity contribution in [3.63, 3.8) is 0 Å². The van der Waals surface area contributed by atoms with Gasteiger partial charge in [-0.15, -0.1) is 0 Å². The lowest BCUT2D eigenvalue weighted by Gasteiger charge is -2.04. The molecule has 0 aromatic heterocycles. The lowest BCUT2D eigenvalue weighted by Crippen LogP contribution is -2.02. The number of benzene rings is 1. The topological polar surface area (TPSA) is 49.7 Å². The Labute approximate surface area is 102 Å². The number of halogens is 2. The van der Waals surface area contributed by atoms with Gasteiger partial charge < -0.3 is 9.66 Å². The summed E-state index contributed by atoms with van der Waals surface area (Å²) in [4.78, 5) is 0. The molecule has 1 unspecified atom stereocenters. The number of hydrogen-bond acceptors (Lipinski definition) is 4. The van der Waals surface area contributed by atoms with E-state index in [4.69, 9.17) is 32.9 Å². The first-order chi connectivity index (χ1) is 7.13. The largest absolute Gasteiger partial charge is 0.364 e. The highest BCUT2D eigenvalue weighted by Gasteiger charge is 2.04. The molecule has 0 spiro atoms. The Kier molecular flexibility index (Phi) is 5.45. The van der Waals surface area contributed by atoms with Crippen molar-refractivity contribution in [2.75, 3.05) is 0 Å². The molecule has 0 amide bonds. The Morgan fingerprint density at radius 1 is 1.40 bits per heavy atom. The maximum Gasteiger partial charge on any atom is 0.191 e. The normalized spacial score (nSPS) is 14.0. The summed E-state index contributed by atoms with van der Waals surface area (Å²) in [6.45, 7) is 0. The molecule has 1 atom stereocenters. The fraction of sp³-hybridized carbons (Fsp3) is 0.111.